The smallest absolute Gasteiger partial charge is 0.226 e. The van der Waals surface area contributed by atoms with E-state index in [0.717, 1.165) is 30.1 Å². The number of thioether (sulfide) groups is 1. The van der Waals surface area contributed by atoms with E-state index in [0.29, 0.717) is 25.4 Å². The number of carbonyl (C=O) groups is 1. The number of carbonyl (C=O) groups excluding carboxylic acids is 1. The quantitative estimate of drug-likeness (QED) is 0.873. The predicted molar refractivity (Wildman–Crippen MR) is 91.4 cm³/mol. The van der Waals surface area contributed by atoms with E-state index in [1.807, 2.05) is 19.1 Å². The van der Waals surface area contributed by atoms with Crippen LogP contribution in [0.5, 0.6) is 0 Å². The Hall–Kier alpha value is -1.79. The van der Waals surface area contributed by atoms with Gasteiger partial charge in [0.15, 0.2) is 0 Å². The molecule has 1 aromatic carbocycles. The highest BCUT2D eigenvalue weighted by molar-refractivity contribution is 7.98. The summed E-state index contributed by atoms with van der Waals surface area (Å²) in [6.45, 7) is 4.96. The maximum atomic E-state index is 11.4. The Labute approximate surface area is 140 Å². The van der Waals surface area contributed by atoms with Crippen molar-refractivity contribution in [3.05, 3.63) is 35.7 Å². The molecule has 0 spiro atoms. The summed E-state index contributed by atoms with van der Waals surface area (Å²) in [5, 5.41) is 2.89. The number of aromatic nitrogens is 1. The molecule has 0 bridgehead atoms. The summed E-state index contributed by atoms with van der Waals surface area (Å²) in [6.07, 6.45) is 2.60. The third-order valence-corrected chi connectivity index (χ3v) is 4.75. The van der Waals surface area contributed by atoms with Gasteiger partial charge in [-0.05, 0) is 37.4 Å². The van der Waals surface area contributed by atoms with E-state index in [-0.39, 0.29) is 5.91 Å². The molecule has 0 saturated carbocycles. The second kappa shape index (κ2) is 7.19. The first kappa shape index (κ1) is 16.1. The Kier molecular flexibility index (Phi) is 5.03. The summed E-state index contributed by atoms with van der Waals surface area (Å²) in [6, 6.07) is 8.22. The minimum absolute atomic E-state index is 0.124. The molecule has 3 rings (SSSR count). The number of aryl methyl sites for hydroxylation is 1. The molecule has 5 nitrogen and oxygen atoms in total. The van der Waals surface area contributed by atoms with Gasteiger partial charge in [0.2, 0.25) is 11.8 Å². The van der Waals surface area contributed by atoms with Crippen LogP contribution >= 0.6 is 11.8 Å². The van der Waals surface area contributed by atoms with Crippen molar-refractivity contribution >= 4 is 17.7 Å². The van der Waals surface area contributed by atoms with Crippen LogP contribution in [0.2, 0.25) is 0 Å². The number of hydrogen-bond acceptors (Lipinski definition) is 5. The van der Waals surface area contributed by atoms with Crippen molar-refractivity contribution in [2.75, 3.05) is 25.9 Å². The first-order valence-electron chi connectivity index (χ1n) is 7.75. The van der Waals surface area contributed by atoms with Gasteiger partial charge in [-0.15, -0.1) is 11.8 Å². The van der Waals surface area contributed by atoms with Crippen LogP contribution in [0.4, 0.5) is 0 Å². The van der Waals surface area contributed by atoms with Crippen molar-refractivity contribution in [3.63, 3.8) is 0 Å². The minimum Gasteiger partial charge on any atom is -0.441 e. The van der Waals surface area contributed by atoms with Crippen molar-refractivity contribution in [3.8, 4) is 11.5 Å². The number of oxazole rings is 1. The third-order valence-electron chi connectivity index (χ3n) is 4.01. The maximum Gasteiger partial charge on any atom is 0.226 e. The molecule has 0 radical (unpaired) electrons. The van der Waals surface area contributed by atoms with Gasteiger partial charge < -0.3 is 9.73 Å². The molecule has 0 atom stereocenters. The molecule has 0 unspecified atom stereocenters. The zero-order chi connectivity index (χ0) is 16.2. The first-order chi connectivity index (χ1) is 11.2. The highest BCUT2D eigenvalue weighted by Crippen LogP contribution is 2.25. The fourth-order valence-electron chi connectivity index (χ4n) is 2.62. The van der Waals surface area contributed by atoms with E-state index in [9.17, 15) is 4.79 Å². The molecule has 1 aromatic heterocycles. The standard InChI is InChI=1S/C17H21N3O2S/c1-12-15(11-20-9-7-16(21)18-8-10-20)19-17(22-12)13-3-5-14(23-2)6-4-13/h3-6H,7-11H2,1-2H3,(H,18,21). The van der Waals surface area contributed by atoms with E-state index in [4.69, 9.17) is 4.42 Å². The SMILES string of the molecule is CSc1ccc(-c2nc(CN3CCNC(=O)CC3)c(C)o2)cc1. The van der Waals surface area contributed by atoms with Crippen LogP contribution in [0.25, 0.3) is 11.5 Å². The number of nitrogens with one attached hydrogen (secondary N) is 1. The topological polar surface area (TPSA) is 58.4 Å². The van der Waals surface area contributed by atoms with Crippen molar-refractivity contribution in [2.45, 2.75) is 24.8 Å². The largest absolute Gasteiger partial charge is 0.441 e. The fraction of sp³-hybridized carbons (Fsp3) is 0.412. The van der Waals surface area contributed by atoms with Crippen LogP contribution in [0, 0.1) is 6.92 Å². The molecule has 2 heterocycles. The van der Waals surface area contributed by atoms with Crippen molar-refractivity contribution in [2.24, 2.45) is 0 Å². The van der Waals surface area contributed by atoms with Gasteiger partial charge in [0.25, 0.3) is 0 Å². The number of rotatable bonds is 4. The zero-order valence-corrected chi connectivity index (χ0v) is 14.3. The molecule has 0 aliphatic carbocycles. The maximum absolute atomic E-state index is 11.4. The van der Waals surface area contributed by atoms with Gasteiger partial charge >= 0.3 is 0 Å². The molecule has 1 aliphatic rings. The summed E-state index contributed by atoms with van der Waals surface area (Å²) >= 11 is 1.72. The molecule has 122 valence electrons. The molecule has 1 saturated heterocycles. The molecule has 23 heavy (non-hydrogen) atoms. The second-order valence-corrected chi connectivity index (χ2v) is 6.51. The highest BCUT2D eigenvalue weighted by atomic mass is 32.2. The summed E-state index contributed by atoms with van der Waals surface area (Å²) in [5.74, 6) is 1.63. The lowest BCUT2D eigenvalue weighted by Crippen LogP contribution is -2.28. The van der Waals surface area contributed by atoms with E-state index in [2.05, 4.69) is 33.6 Å². The second-order valence-electron chi connectivity index (χ2n) is 5.63. The van der Waals surface area contributed by atoms with Gasteiger partial charge in [0, 0.05) is 43.1 Å². The Morgan fingerprint density at radius 1 is 1.30 bits per heavy atom. The van der Waals surface area contributed by atoms with E-state index in [1.54, 1.807) is 11.8 Å². The van der Waals surface area contributed by atoms with E-state index < -0.39 is 0 Å². The molecule has 1 aliphatic heterocycles. The van der Waals surface area contributed by atoms with Gasteiger partial charge in [-0.3, -0.25) is 9.69 Å². The van der Waals surface area contributed by atoms with Gasteiger partial charge in [0.05, 0.1) is 5.69 Å². The molecular weight excluding hydrogens is 310 g/mol. The van der Waals surface area contributed by atoms with Crippen molar-refractivity contribution in [1.29, 1.82) is 0 Å². The fourth-order valence-corrected chi connectivity index (χ4v) is 3.02. The first-order valence-corrected chi connectivity index (χ1v) is 8.98. The van der Waals surface area contributed by atoms with Crippen LogP contribution in [-0.4, -0.2) is 41.7 Å². The summed E-state index contributed by atoms with van der Waals surface area (Å²) in [7, 11) is 0. The van der Waals surface area contributed by atoms with E-state index >= 15 is 0 Å². The van der Waals surface area contributed by atoms with Crippen LogP contribution in [-0.2, 0) is 11.3 Å². The Morgan fingerprint density at radius 2 is 2.09 bits per heavy atom. The van der Waals surface area contributed by atoms with Crippen LogP contribution in [0.3, 0.4) is 0 Å². The van der Waals surface area contributed by atoms with Crippen LogP contribution in [0.1, 0.15) is 17.9 Å². The summed E-state index contributed by atoms with van der Waals surface area (Å²) in [5.41, 5.74) is 1.94. The monoisotopic (exact) mass is 331 g/mol. The minimum atomic E-state index is 0.124. The summed E-state index contributed by atoms with van der Waals surface area (Å²) in [4.78, 5) is 19.5. The highest BCUT2D eigenvalue weighted by Gasteiger charge is 2.18. The van der Waals surface area contributed by atoms with Gasteiger partial charge in [0.1, 0.15) is 5.76 Å². The molecule has 1 fully saturated rings. The lowest BCUT2D eigenvalue weighted by Gasteiger charge is -2.17. The average Bonchev–Trinajstić information content (AvgIpc) is 2.79. The van der Waals surface area contributed by atoms with E-state index in [1.165, 1.54) is 4.90 Å². The Bertz CT molecular complexity index is 682. The van der Waals surface area contributed by atoms with Crippen LogP contribution < -0.4 is 5.32 Å². The van der Waals surface area contributed by atoms with Crippen LogP contribution in [0.15, 0.2) is 33.6 Å². The Morgan fingerprint density at radius 3 is 2.83 bits per heavy atom. The summed E-state index contributed by atoms with van der Waals surface area (Å²) < 4.78 is 5.84. The molecule has 6 heteroatoms. The van der Waals surface area contributed by atoms with Gasteiger partial charge in [-0.25, -0.2) is 4.98 Å². The molecule has 1 N–H and O–H groups in total. The average molecular weight is 331 g/mol. The number of benzene rings is 1. The van der Waals surface area contributed by atoms with Gasteiger partial charge in [-0.1, -0.05) is 0 Å². The molecule has 1 amide bonds. The predicted octanol–water partition coefficient (Wildman–Crippen LogP) is 2.69. The number of nitrogens with zero attached hydrogens (tertiary/aromatic N) is 2. The molecular formula is C17H21N3O2S. The number of amides is 1. The third kappa shape index (κ3) is 3.95. The Balaban J connectivity index is 1.73. The molecule has 2 aromatic rings. The van der Waals surface area contributed by atoms with Crippen molar-refractivity contribution in [1.82, 2.24) is 15.2 Å². The van der Waals surface area contributed by atoms with Crippen molar-refractivity contribution < 1.29 is 9.21 Å². The number of hydrogen-bond donors (Lipinski definition) is 1. The zero-order valence-electron chi connectivity index (χ0n) is 13.5. The lowest BCUT2D eigenvalue weighted by molar-refractivity contribution is -0.120. The van der Waals surface area contributed by atoms with Gasteiger partial charge in [-0.2, -0.15) is 0 Å². The lowest BCUT2D eigenvalue weighted by atomic mass is 10.2. The normalized spacial score (nSPS) is 16.2.